The van der Waals surface area contributed by atoms with Gasteiger partial charge in [0.25, 0.3) is 0 Å². The fraction of sp³-hybridized carbons (Fsp3) is 0.348. The molecular weight excluding hydrogens is 378 g/mol. The molecule has 2 atom stereocenters. The average Bonchev–Trinajstić information content (AvgIpc) is 3.46. The minimum atomic E-state index is 0.0218. The van der Waals surface area contributed by atoms with E-state index in [4.69, 9.17) is 12.2 Å². The molecule has 6 heteroatoms. The van der Waals surface area contributed by atoms with Crippen molar-refractivity contribution < 1.29 is 0 Å². The molecule has 4 heterocycles. The van der Waals surface area contributed by atoms with E-state index in [2.05, 4.69) is 56.8 Å². The SMILES string of the molecule is Cc1cc([C@@H]2[C@@H](c3ccccn3)NC(=S)N2Cc2cccnc2)c(C)n1C1CC1. The van der Waals surface area contributed by atoms with Crippen molar-refractivity contribution in [2.45, 2.75) is 51.4 Å². The van der Waals surface area contributed by atoms with E-state index in [0.717, 1.165) is 22.9 Å². The second kappa shape index (κ2) is 7.26. The summed E-state index contributed by atoms with van der Waals surface area (Å²) in [7, 11) is 0. The van der Waals surface area contributed by atoms with Crippen molar-refractivity contribution in [2.24, 2.45) is 0 Å². The van der Waals surface area contributed by atoms with Crippen LogP contribution in [0.15, 0.2) is 55.0 Å². The molecule has 0 amide bonds. The first-order valence-corrected chi connectivity index (χ1v) is 10.6. The molecule has 0 spiro atoms. The van der Waals surface area contributed by atoms with Gasteiger partial charge in [0.2, 0.25) is 0 Å². The molecule has 1 N–H and O–H groups in total. The van der Waals surface area contributed by atoms with Crippen molar-refractivity contribution in [1.82, 2.24) is 24.8 Å². The maximum absolute atomic E-state index is 5.80. The number of hydrogen-bond acceptors (Lipinski definition) is 3. The summed E-state index contributed by atoms with van der Waals surface area (Å²) in [5.74, 6) is 0. The van der Waals surface area contributed by atoms with Crippen LogP contribution >= 0.6 is 12.2 Å². The van der Waals surface area contributed by atoms with Gasteiger partial charge in [-0.25, -0.2) is 0 Å². The van der Waals surface area contributed by atoms with E-state index < -0.39 is 0 Å². The topological polar surface area (TPSA) is 46.0 Å². The third-order valence-corrected chi connectivity index (χ3v) is 6.38. The molecular formula is C23H25N5S. The zero-order valence-corrected chi connectivity index (χ0v) is 17.6. The molecule has 2 aliphatic rings. The molecule has 2 fully saturated rings. The molecule has 3 aromatic rings. The third-order valence-electron chi connectivity index (χ3n) is 6.03. The Labute approximate surface area is 176 Å². The Morgan fingerprint density at radius 3 is 2.69 bits per heavy atom. The van der Waals surface area contributed by atoms with E-state index in [-0.39, 0.29) is 12.1 Å². The quantitative estimate of drug-likeness (QED) is 0.640. The second-order valence-electron chi connectivity index (χ2n) is 8.04. The first-order valence-electron chi connectivity index (χ1n) is 10.2. The summed E-state index contributed by atoms with van der Waals surface area (Å²) < 4.78 is 2.51. The molecule has 1 aliphatic heterocycles. The fourth-order valence-corrected chi connectivity index (χ4v) is 4.90. The molecule has 29 heavy (non-hydrogen) atoms. The predicted molar refractivity (Wildman–Crippen MR) is 117 cm³/mol. The smallest absolute Gasteiger partial charge is 0.170 e. The van der Waals surface area contributed by atoms with Gasteiger partial charge < -0.3 is 14.8 Å². The molecule has 3 aromatic heterocycles. The Bertz CT molecular complexity index is 1030. The number of nitrogens with one attached hydrogen (secondary N) is 1. The molecule has 1 aliphatic carbocycles. The van der Waals surface area contributed by atoms with Gasteiger partial charge in [0.1, 0.15) is 0 Å². The van der Waals surface area contributed by atoms with Crippen molar-refractivity contribution in [3.63, 3.8) is 0 Å². The summed E-state index contributed by atoms with van der Waals surface area (Å²) in [6, 6.07) is 13.3. The van der Waals surface area contributed by atoms with E-state index in [9.17, 15) is 0 Å². The van der Waals surface area contributed by atoms with Crippen molar-refractivity contribution in [3.05, 3.63) is 83.2 Å². The molecule has 148 valence electrons. The maximum atomic E-state index is 5.80. The van der Waals surface area contributed by atoms with Gasteiger partial charge in [0.15, 0.2) is 5.11 Å². The van der Waals surface area contributed by atoms with Gasteiger partial charge in [0.05, 0.1) is 17.8 Å². The fourth-order valence-electron chi connectivity index (χ4n) is 4.60. The molecule has 5 rings (SSSR count). The highest BCUT2D eigenvalue weighted by Gasteiger charge is 2.42. The van der Waals surface area contributed by atoms with Gasteiger partial charge in [-0.05, 0) is 74.3 Å². The van der Waals surface area contributed by atoms with Crippen LogP contribution in [-0.2, 0) is 6.54 Å². The lowest BCUT2D eigenvalue weighted by molar-refractivity contribution is 0.309. The Kier molecular flexibility index (Phi) is 4.59. The lowest BCUT2D eigenvalue weighted by atomic mass is 9.96. The van der Waals surface area contributed by atoms with Crippen LogP contribution in [0.5, 0.6) is 0 Å². The van der Waals surface area contributed by atoms with E-state index in [1.807, 2.05) is 36.8 Å². The average molecular weight is 404 g/mol. The lowest BCUT2D eigenvalue weighted by Gasteiger charge is -2.28. The number of hydrogen-bond donors (Lipinski definition) is 1. The predicted octanol–water partition coefficient (Wildman–Crippen LogP) is 4.40. The van der Waals surface area contributed by atoms with Gasteiger partial charge in [-0.15, -0.1) is 0 Å². The van der Waals surface area contributed by atoms with E-state index in [0.29, 0.717) is 6.04 Å². The van der Waals surface area contributed by atoms with E-state index in [1.165, 1.54) is 29.8 Å². The Morgan fingerprint density at radius 1 is 1.14 bits per heavy atom. The summed E-state index contributed by atoms with van der Waals surface area (Å²) >= 11 is 5.80. The van der Waals surface area contributed by atoms with Crippen LogP contribution in [0.2, 0.25) is 0 Å². The highest BCUT2D eigenvalue weighted by atomic mass is 32.1. The van der Waals surface area contributed by atoms with Gasteiger partial charge in [-0.1, -0.05) is 12.1 Å². The van der Waals surface area contributed by atoms with Gasteiger partial charge in [0, 0.05) is 42.6 Å². The van der Waals surface area contributed by atoms with Gasteiger partial charge >= 0.3 is 0 Å². The molecule has 0 aromatic carbocycles. The van der Waals surface area contributed by atoms with Crippen molar-refractivity contribution >= 4 is 17.3 Å². The number of pyridine rings is 2. The van der Waals surface area contributed by atoms with Crippen molar-refractivity contribution in [2.75, 3.05) is 0 Å². The highest BCUT2D eigenvalue weighted by molar-refractivity contribution is 7.80. The number of rotatable bonds is 5. The van der Waals surface area contributed by atoms with Crippen LogP contribution < -0.4 is 5.32 Å². The molecule has 0 radical (unpaired) electrons. The van der Waals surface area contributed by atoms with Crippen LogP contribution in [0.4, 0.5) is 0 Å². The summed E-state index contributed by atoms with van der Waals surface area (Å²) in [4.78, 5) is 11.2. The number of thiocarbonyl (C=S) groups is 1. The lowest BCUT2D eigenvalue weighted by Crippen LogP contribution is -2.29. The van der Waals surface area contributed by atoms with Crippen molar-refractivity contribution in [3.8, 4) is 0 Å². The van der Waals surface area contributed by atoms with Gasteiger partial charge in [-0.2, -0.15) is 0 Å². The molecule has 5 nitrogen and oxygen atoms in total. The van der Waals surface area contributed by atoms with Crippen LogP contribution in [0.1, 0.15) is 59.2 Å². The number of aryl methyl sites for hydroxylation is 1. The van der Waals surface area contributed by atoms with E-state index >= 15 is 0 Å². The Morgan fingerprint density at radius 2 is 2.00 bits per heavy atom. The van der Waals surface area contributed by atoms with Crippen LogP contribution in [0.3, 0.4) is 0 Å². The summed E-state index contributed by atoms with van der Waals surface area (Å²) in [5.41, 5.74) is 6.18. The monoisotopic (exact) mass is 403 g/mol. The largest absolute Gasteiger partial charge is 0.352 e. The summed E-state index contributed by atoms with van der Waals surface area (Å²) in [6.07, 6.45) is 8.14. The normalized spacial score (nSPS) is 21.4. The first-order chi connectivity index (χ1) is 14.1. The van der Waals surface area contributed by atoms with Crippen LogP contribution in [-0.4, -0.2) is 24.5 Å². The summed E-state index contributed by atoms with van der Waals surface area (Å²) in [6.45, 7) is 5.19. The Balaban J connectivity index is 1.59. The number of aromatic nitrogens is 3. The molecule has 0 bridgehead atoms. The Hall–Kier alpha value is -2.73. The van der Waals surface area contributed by atoms with Gasteiger partial charge in [-0.3, -0.25) is 9.97 Å². The molecule has 0 unspecified atom stereocenters. The van der Waals surface area contributed by atoms with E-state index in [1.54, 1.807) is 0 Å². The third kappa shape index (κ3) is 3.31. The van der Waals surface area contributed by atoms with Crippen molar-refractivity contribution in [1.29, 1.82) is 0 Å². The standard InChI is InChI=1S/C23H25N5S/c1-15-12-19(16(2)28(15)18-8-9-18)22-21(20-7-3-4-11-25-20)26-23(29)27(22)14-17-6-5-10-24-13-17/h3-7,10-13,18,21-22H,8-9,14H2,1-2H3,(H,26,29)/t21-,22-/m1/s1. The zero-order valence-electron chi connectivity index (χ0n) is 16.7. The van der Waals surface area contributed by atoms with Crippen LogP contribution in [0.25, 0.3) is 0 Å². The summed E-state index contributed by atoms with van der Waals surface area (Å²) in [5, 5.41) is 4.32. The second-order valence-corrected chi connectivity index (χ2v) is 8.43. The molecule has 1 saturated carbocycles. The van der Waals surface area contributed by atoms with Crippen LogP contribution in [0, 0.1) is 13.8 Å². The maximum Gasteiger partial charge on any atom is 0.170 e. The zero-order chi connectivity index (χ0) is 20.0. The minimum absolute atomic E-state index is 0.0218. The highest BCUT2D eigenvalue weighted by Crippen LogP contribution is 2.44. The first kappa shape index (κ1) is 18.3. The number of nitrogens with zero attached hydrogens (tertiary/aromatic N) is 4. The molecule has 1 saturated heterocycles. The minimum Gasteiger partial charge on any atom is -0.352 e.